The number of carbonyl (C=O) groups is 1. The van der Waals surface area contributed by atoms with Crippen molar-refractivity contribution in [1.29, 1.82) is 0 Å². The fourth-order valence-electron chi connectivity index (χ4n) is 3.02. The highest BCUT2D eigenvalue weighted by Gasteiger charge is 2.11. The maximum atomic E-state index is 12.5. The number of imidazole rings is 1. The summed E-state index contributed by atoms with van der Waals surface area (Å²) in [6, 6.07) is 20.6. The molecule has 1 amide bonds. The second-order valence-corrected chi connectivity index (χ2v) is 7.39. The SMILES string of the molecule is CN(C)c1ccc(/C=N/NC(=O)c2ccc3nc(-c4ccccc4Cl)[nH]c3c2)cc1. The number of carbonyl (C=O) groups excluding carboxylic acids is 1. The van der Waals surface area contributed by atoms with Crippen molar-refractivity contribution in [2.24, 2.45) is 5.10 Å². The molecule has 30 heavy (non-hydrogen) atoms. The third-order valence-corrected chi connectivity index (χ3v) is 4.99. The average molecular weight is 418 g/mol. The van der Waals surface area contributed by atoms with Crippen molar-refractivity contribution < 1.29 is 4.79 Å². The van der Waals surface area contributed by atoms with E-state index in [-0.39, 0.29) is 5.91 Å². The molecule has 6 nitrogen and oxygen atoms in total. The molecule has 0 aliphatic heterocycles. The van der Waals surface area contributed by atoms with Gasteiger partial charge in [-0.2, -0.15) is 5.10 Å². The third-order valence-electron chi connectivity index (χ3n) is 4.66. The van der Waals surface area contributed by atoms with Gasteiger partial charge in [0.25, 0.3) is 5.91 Å². The van der Waals surface area contributed by atoms with E-state index in [0.717, 1.165) is 27.8 Å². The van der Waals surface area contributed by atoms with Gasteiger partial charge in [0, 0.05) is 30.9 Å². The number of nitrogens with one attached hydrogen (secondary N) is 2. The monoisotopic (exact) mass is 417 g/mol. The molecule has 0 aliphatic rings. The van der Waals surface area contributed by atoms with E-state index in [0.29, 0.717) is 16.4 Å². The van der Waals surface area contributed by atoms with Crippen molar-refractivity contribution in [3.05, 3.63) is 82.9 Å². The Morgan fingerprint density at radius 3 is 2.60 bits per heavy atom. The first-order valence-electron chi connectivity index (χ1n) is 9.37. The van der Waals surface area contributed by atoms with Crippen LogP contribution in [0.5, 0.6) is 0 Å². The molecule has 1 aromatic heterocycles. The lowest BCUT2D eigenvalue weighted by atomic mass is 10.2. The number of rotatable bonds is 5. The number of aromatic nitrogens is 2. The number of aromatic amines is 1. The van der Waals surface area contributed by atoms with E-state index in [9.17, 15) is 4.79 Å². The number of hydrazone groups is 1. The van der Waals surface area contributed by atoms with Crippen LogP contribution in [-0.4, -0.2) is 36.2 Å². The lowest BCUT2D eigenvalue weighted by Crippen LogP contribution is -2.17. The van der Waals surface area contributed by atoms with Crippen LogP contribution < -0.4 is 10.3 Å². The summed E-state index contributed by atoms with van der Waals surface area (Å²) < 4.78 is 0. The van der Waals surface area contributed by atoms with Gasteiger partial charge in [-0.05, 0) is 48.0 Å². The molecule has 0 fully saturated rings. The van der Waals surface area contributed by atoms with E-state index < -0.39 is 0 Å². The normalized spacial score (nSPS) is 11.2. The summed E-state index contributed by atoms with van der Waals surface area (Å²) in [6.07, 6.45) is 1.61. The first-order valence-corrected chi connectivity index (χ1v) is 9.74. The number of hydrogen-bond acceptors (Lipinski definition) is 4. The van der Waals surface area contributed by atoms with E-state index in [4.69, 9.17) is 11.6 Å². The molecule has 4 aromatic rings. The van der Waals surface area contributed by atoms with E-state index >= 15 is 0 Å². The van der Waals surface area contributed by atoms with E-state index in [1.807, 2.05) is 67.5 Å². The molecule has 0 saturated carbocycles. The van der Waals surface area contributed by atoms with Gasteiger partial charge >= 0.3 is 0 Å². The topological polar surface area (TPSA) is 73.4 Å². The third kappa shape index (κ3) is 4.18. The highest BCUT2D eigenvalue weighted by Crippen LogP contribution is 2.27. The van der Waals surface area contributed by atoms with Crippen molar-refractivity contribution in [2.75, 3.05) is 19.0 Å². The Kier molecular flexibility index (Phi) is 5.50. The predicted molar refractivity (Wildman–Crippen MR) is 122 cm³/mol. The largest absolute Gasteiger partial charge is 0.378 e. The zero-order chi connectivity index (χ0) is 21.1. The minimum Gasteiger partial charge on any atom is -0.378 e. The Bertz CT molecular complexity index is 1230. The van der Waals surface area contributed by atoms with Crippen LogP contribution in [0.3, 0.4) is 0 Å². The molecule has 0 bridgehead atoms. The minimum absolute atomic E-state index is 0.299. The van der Waals surface area contributed by atoms with E-state index in [1.165, 1.54) is 0 Å². The predicted octanol–water partition coefficient (Wildman–Crippen LogP) is 4.71. The number of fused-ring (bicyclic) bond motifs is 1. The molecule has 7 heteroatoms. The molecular formula is C23H20ClN5O. The summed E-state index contributed by atoms with van der Waals surface area (Å²) in [5.74, 6) is 0.360. The molecule has 0 atom stereocenters. The van der Waals surface area contributed by atoms with Crippen LogP contribution in [0.25, 0.3) is 22.4 Å². The highest BCUT2D eigenvalue weighted by molar-refractivity contribution is 6.33. The van der Waals surface area contributed by atoms with Crippen molar-refractivity contribution in [3.63, 3.8) is 0 Å². The van der Waals surface area contributed by atoms with Crippen LogP contribution >= 0.6 is 11.6 Å². The standard InChI is InChI=1S/C23H20ClN5O/c1-29(2)17-10-7-15(8-11-17)14-25-28-23(30)16-9-12-20-21(13-16)27-22(26-20)18-5-3-4-6-19(18)24/h3-14H,1-2H3,(H,26,27)(H,28,30)/b25-14+. The van der Waals surface area contributed by atoms with Crippen LogP contribution in [-0.2, 0) is 0 Å². The second kappa shape index (κ2) is 8.39. The molecule has 0 spiro atoms. The van der Waals surface area contributed by atoms with Crippen molar-refractivity contribution in [3.8, 4) is 11.4 Å². The quantitative estimate of drug-likeness (QED) is 0.364. The summed E-state index contributed by atoms with van der Waals surface area (Å²) in [6.45, 7) is 0. The average Bonchev–Trinajstić information content (AvgIpc) is 3.17. The van der Waals surface area contributed by atoms with Gasteiger partial charge in [-0.15, -0.1) is 0 Å². The van der Waals surface area contributed by atoms with Crippen LogP contribution in [0.2, 0.25) is 5.02 Å². The van der Waals surface area contributed by atoms with Crippen molar-refractivity contribution in [2.45, 2.75) is 0 Å². The van der Waals surface area contributed by atoms with Gasteiger partial charge < -0.3 is 9.88 Å². The fraction of sp³-hybridized carbons (Fsp3) is 0.0870. The first-order chi connectivity index (χ1) is 14.5. The molecule has 3 aromatic carbocycles. The van der Waals surface area contributed by atoms with Crippen LogP contribution in [0.15, 0.2) is 71.8 Å². The number of anilines is 1. The highest BCUT2D eigenvalue weighted by atomic mass is 35.5. The first kappa shape index (κ1) is 19.7. The number of H-pyrrole nitrogens is 1. The Morgan fingerprint density at radius 2 is 1.87 bits per heavy atom. The minimum atomic E-state index is -0.299. The van der Waals surface area contributed by atoms with E-state index in [2.05, 4.69) is 20.5 Å². The number of halogens is 1. The Morgan fingerprint density at radius 1 is 1.10 bits per heavy atom. The Hall–Kier alpha value is -3.64. The van der Waals surface area contributed by atoms with Crippen molar-refractivity contribution in [1.82, 2.24) is 15.4 Å². The molecule has 1 heterocycles. The van der Waals surface area contributed by atoms with Gasteiger partial charge in [0.05, 0.1) is 22.3 Å². The smallest absolute Gasteiger partial charge is 0.271 e. The van der Waals surface area contributed by atoms with Crippen LogP contribution in [0.4, 0.5) is 5.69 Å². The summed E-state index contributed by atoms with van der Waals surface area (Å²) in [5, 5.41) is 4.67. The van der Waals surface area contributed by atoms with Gasteiger partial charge in [0.1, 0.15) is 5.82 Å². The summed E-state index contributed by atoms with van der Waals surface area (Å²) in [7, 11) is 3.97. The molecule has 0 aliphatic carbocycles. The maximum Gasteiger partial charge on any atom is 0.271 e. The molecule has 150 valence electrons. The Labute approximate surface area is 179 Å². The summed E-state index contributed by atoms with van der Waals surface area (Å²) in [5.41, 5.74) is 7.36. The zero-order valence-electron chi connectivity index (χ0n) is 16.6. The fourth-order valence-corrected chi connectivity index (χ4v) is 3.25. The number of amides is 1. The zero-order valence-corrected chi connectivity index (χ0v) is 17.3. The van der Waals surface area contributed by atoms with Crippen LogP contribution in [0.1, 0.15) is 15.9 Å². The molecular weight excluding hydrogens is 398 g/mol. The molecule has 0 saturated heterocycles. The molecule has 0 radical (unpaired) electrons. The molecule has 4 rings (SSSR count). The van der Waals surface area contributed by atoms with Crippen LogP contribution in [0, 0.1) is 0 Å². The Balaban J connectivity index is 1.48. The van der Waals surface area contributed by atoms with E-state index in [1.54, 1.807) is 24.4 Å². The molecule has 0 unspecified atom stereocenters. The summed E-state index contributed by atoms with van der Waals surface area (Å²) >= 11 is 6.26. The van der Waals surface area contributed by atoms with Gasteiger partial charge in [0.2, 0.25) is 0 Å². The number of nitrogens with zero attached hydrogens (tertiary/aromatic N) is 3. The molecule has 2 N–H and O–H groups in total. The maximum absolute atomic E-state index is 12.5. The number of benzene rings is 3. The number of hydrogen-bond donors (Lipinski definition) is 2. The second-order valence-electron chi connectivity index (χ2n) is 6.98. The van der Waals surface area contributed by atoms with Gasteiger partial charge in [-0.1, -0.05) is 35.9 Å². The summed E-state index contributed by atoms with van der Waals surface area (Å²) in [4.78, 5) is 22.3. The van der Waals surface area contributed by atoms with Gasteiger partial charge in [-0.3, -0.25) is 4.79 Å². The van der Waals surface area contributed by atoms with Gasteiger partial charge in [0.15, 0.2) is 0 Å². The van der Waals surface area contributed by atoms with Gasteiger partial charge in [-0.25, -0.2) is 10.4 Å². The van der Waals surface area contributed by atoms with Crippen molar-refractivity contribution >= 4 is 40.4 Å². The lowest BCUT2D eigenvalue weighted by molar-refractivity contribution is 0.0955. The lowest BCUT2D eigenvalue weighted by Gasteiger charge is -2.11.